The number of hydrogen-bond acceptors (Lipinski definition) is 3. The van der Waals surface area contributed by atoms with Gasteiger partial charge >= 0.3 is 0 Å². The fourth-order valence-electron chi connectivity index (χ4n) is 1.93. The highest BCUT2D eigenvalue weighted by atomic mass is 79.9. The molecule has 0 radical (unpaired) electrons. The molecule has 2 aromatic rings. The van der Waals surface area contributed by atoms with Gasteiger partial charge in [0.1, 0.15) is 0 Å². The SMILES string of the molecule is CCCNCc1sc(Cc2cccc(Br)c2)nc1C. The zero-order valence-corrected chi connectivity index (χ0v) is 13.8. The molecule has 1 N–H and O–H groups in total. The van der Waals surface area contributed by atoms with Crippen LogP contribution in [-0.4, -0.2) is 11.5 Å². The fourth-order valence-corrected chi connectivity index (χ4v) is 3.45. The van der Waals surface area contributed by atoms with Gasteiger partial charge in [-0.05, 0) is 37.6 Å². The third-order valence-electron chi connectivity index (χ3n) is 2.89. The maximum atomic E-state index is 4.68. The molecule has 102 valence electrons. The highest BCUT2D eigenvalue weighted by Gasteiger charge is 2.08. The summed E-state index contributed by atoms with van der Waals surface area (Å²) >= 11 is 5.33. The lowest BCUT2D eigenvalue weighted by Gasteiger charge is -2.00. The van der Waals surface area contributed by atoms with Crippen molar-refractivity contribution in [1.29, 1.82) is 0 Å². The monoisotopic (exact) mass is 338 g/mol. The molecular formula is C15H19BrN2S. The summed E-state index contributed by atoms with van der Waals surface area (Å²) in [6, 6.07) is 8.43. The molecule has 2 nitrogen and oxygen atoms in total. The van der Waals surface area contributed by atoms with E-state index in [2.05, 4.69) is 64.3 Å². The van der Waals surface area contributed by atoms with E-state index < -0.39 is 0 Å². The summed E-state index contributed by atoms with van der Waals surface area (Å²) in [4.78, 5) is 6.04. The van der Waals surface area contributed by atoms with E-state index in [-0.39, 0.29) is 0 Å². The first-order valence-electron chi connectivity index (χ1n) is 6.59. The Labute approximate surface area is 127 Å². The zero-order valence-electron chi connectivity index (χ0n) is 11.4. The summed E-state index contributed by atoms with van der Waals surface area (Å²) in [7, 11) is 0. The summed E-state index contributed by atoms with van der Waals surface area (Å²) in [5, 5.41) is 4.64. The van der Waals surface area contributed by atoms with Crippen LogP contribution in [-0.2, 0) is 13.0 Å². The number of rotatable bonds is 6. The molecule has 0 fully saturated rings. The number of halogens is 1. The summed E-state index contributed by atoms with van der Waals surface area (Å²) in [5.74, 6) is 0. The average Bonchev–Trinajstić information content (AvgIpc) is 2.70. The lowest BCUT2D eigenvalue weighted by atomic mass is 10.2. The first kappa shape index (κ1) is 14.7. The van der Waals surface area contributed by atoms with E-state index in [9.17, 15) is 0 Å². The van der Waals surface area contributed by atoms with E-state index >= 15 is 0 Å². The van der Waals surface area contributed by atoms with E-state index in [0.29, 0.717) is 0 Å². The molecule has 19 heavy (non-hydrogen) atoms. The second-order valence-corrected chi connectivity index (χ2v) is 6.68. The van der Waals surface area contributed by atoms with Gasteiger partial charge in [-0.15, -0.1) is 11.3 Å². The zero-order chi connectivity index (χ0) is 13.7. The molecule has 0 atom stereocenters. The maximum absolute atomic E-state index is 4.68. The van der Waals surface area contributed by atoms with Gasteiger partial charge in [0.05, 0.1) is 10.7 Å². The van der Waals surface area contributed by atoms with Gasteiger partial charge in [0.15, 0.2) is 0 Å². The molecule has 0 bridgehead atoms. The van der Waals surface area contributed by atoms with Gasteiger partial charge in [0.2, 0.25) is 0 Å². The standard InChI is InChI=1S/C15H19BrN2S/c1-3-7-17-10-14-11(2)18-15(19-14)9-12-5-4-6-13(16)8-12/h4-6,8,17H,3,7,9-10H2,1-2H3. The molecule has 0 aliphatic heterocycles. The maximum Gasteiger partial charge on any atom is 0.0975 e. The molecule has 0 aliphatic rings. The van der Waals surface area contributed by atoms with Crippen LogP contribution in [0, 0.1) is 6.92 Å². The molecule has 0 aliphatic carbocycles. The Morgan fingerprint density at radius 2 is 2.21 bits per heavy atom. The van der Waals surface area contributed by atoms with E-state index in [1.165, 1.54) is 27.6 Å². The van der Waals surface area contributed by atoms with Gasteiger partial charge in [0, 0.05) is 22.3 Å². The molecule has 0 amide bonds. The largest absolute Gasteiger partial charge is 0.312 e. The van der Waals surface area contributed by atoms with Gasteiger partial charge in [-0.2, -0.15) is 0 Å². The second-order valence-electron chi connectivity index (χ2n) is 4.60. The number of nitrogens with one attached hydrogen (secondary N) is 1. The van der Waals surface area contributed by atoms with Crippen molar-refractivity contribution in [3.63, 3.8) is 0 Å². The molecular weight excluding hydrogens is 320 g/mol. The number of aryl methyl sites for hydroxylation is 1. The van der Waals surface area contributed by atoms with Crippen molar-refractivity contribution in [2.75, 3.05) is 6.54 Å². The molecule has 4 heteroatoms. The minimum Gasteiger partial charge on any atom is -0.312 e. The second kappa shape index (κ2) is 7.17. The lowest BCUT2D eigenvalue weighted by Crippen LogP contribution is -2.13. The van der Waals surface area contributed by atoms with Crippen molar-refractivity contribution in [3.8, 4) is 0 Å². The van der Waals surface area contributed by atoms with Gasteiger partial charge in [-0.3, -0.25) is 0 Å². The Morgan fingerprint density at radius 1 is 1.37 bits per heavy atom. The van der Waals surface area contributed by atoms with E-state index in [1.54, 1.807) is 0 Å². The third-order valence-corrected chi connectivity index (χ3v) is 4.54. The average molecular weight is 339 g/mol. The highest BCUT2D eigenvalue weighted by Crippen LogP contribution is 2.22. The van der Waals surface area contributed by atoms with E-state index in [4.69, 9.17) is 0 Å². The lowest BCUT2D eigenvalue weighted by molar-refractivity contribution is 0.678. The molecule has 0 unspecified atom stereocenters. The first-order valence-corrected chi connectivity index (χ1v) is 8.20. The van der Waals surface area contributed by atoms with Crippen LogP contribution in [0.3, 0.4) is 0 Å². The predicted molar refractivity (Wildman–Crippen MR) is 85.8 cm³/mol. The van der Waals surface area contributed by atoms with Crippen molar-refractivity contribution in [3.05, 3.63) is 49.9 Å². The number of hydrogen-bond donors (Lipinski definition) is 1. The van der Waals surface area contributed by atoms with Gasteiger partial charge < -0.3 is 5.32 Å². The van der Waals surface area contributed by atoms with Crippen molar-refractivity contribution >= 4 is 27.3 Å². The summed E-state index contributed by atoms with van der Waals surface area (Å²) in [5.41, 5.74) is 2.47. The number of thiazole rings is 1. The minimum absolute atomic E-state index is 0.915. The van der Waals surface area contributed by atoms with E-state index in [0.717, 1.165) is 24.0 Å². The molecule has 1 heterocycles. The molecule has 1 aromatic carbocycles. The molecule has 0 spiro atoms. The van der Waals surface area contributed by atoms with Crippen LogP contribution in [0.4, 0.5) is 0 Å². The van der Waals surface area contributed by atoms with Crippen LogP contribution in [0.25, 0.3) is 0 Å². The third kappa shape index (κ3) is 4.41. The smallest absolute Gasteiger partial charge is 0.0975 e. The van der Waals surface area contributed by atoms with Crippen LogP contribution in [0.1, 0.15) is 34.5 Å². The number of aromatic nitrogens is 1. The number of nitrogens with zero attached hydrogens (tertiary/aromatic N) is 1. The van der Waals surface area contributed by atoms with E-state index in [1.807, 2.05) is 11.3 Å². The van der Waals surface area contributed by atoms with Crippen molar-refractivity contribution in [2.45, 2.75) is 33.2 Å². The van der Waals surface area contributed by atoms with Crippen LogP contribution < -0.4 is 5.32 Å². The summed E-state index contributed by atoms with van der Waals surface area (Å²) < 4.78 is 1.13. The summed E-state index contributed by atoms with van der Waals surface area (Å²) in [6.45, 7) is 6.29. The molecule has 0 saturated heterocycles. The quantitative estimate of drug-likeness (QED) is 0.794. The predicted octanol–water partition coefficient (Wildman–Crippen LogP) is 4.30. The molecule has 2 rings (SSSR count). The summed E-state index contributed by atoms with van der Waals surface area (Å²) in [6.07, 6.45) is 2.08. The van der Waals surface area contributed by atoms with Crippen molar-refractivity contribution < 1.29 is 0 Å². The normalized spacial score (nSPS) is 10.9. The van der Waals surface area contributed by atoms with Crippen LogP contribution >= 0.6 is 27.3 Å². The van der Waals surface area contributed by atoms with Crippen molar-refractivity contribution in [2.24, 2.45) is 0 Å². The van der Waals surface area contributed by atoms with Gasteiger partial charge in [-0.1, -0.05) is 35.0 Å². The van der Waals surface area contributed by atoms with Crippen LogP contribution in [0.5, 0.6) is 0 Å². The first-order chi connectivity index (χ1) is 9.19. The molecule has 1 aromatic heterocycles. The minimum atomic E-state index is 0.915. The van der Waals surface area contributed by atoms with Gasteiger partial charge in [-0.25, -0.2) is 4.98 Å². The van der Waals surface area contributed by atoms with Crippen molar-refractivity contribution in [1.82, 2.24) is 10.3 Å². The number of benzene rings is 1. The van der Waals surface area contributed by atoms with Crippen LogP contribution in [0.2, 0.25) is 0 Å². The van der Waals surface area contributed by atoms with Crippen LogP contribution in [0.15, 0.2) is 28.7 Å². The fraction of sp³-hybridized carbons (Fsp3) is 0.400. The highest BCUT2D eigenvalue weighted by molar-refractivity contribution is 9.10. The topological polar surface area (TPSA) is 24.9 Å². The van der Waals surface area contributed by atoms with Gasteiger partial charge in [0.25, 0.3) is 0 Å². The Bertz CT molecular complexity index is 537. The Morgan fingerprint density at radius 3 is 2.95 bits per heavy atom. The Hall–Kier alpha value is -0.710. The Kier molecular flexibility index (Phi) is 5.55. The Balaban J connectivity index is 2.03. The molecule has 0 saturated carbocycles.